The van der Waals surface area contributed by atoms with Crippen LogP contribution >= 0.6 is 0 Å². The number of aryl methyl sites for hydroxylation is 1. The fraction of sp³-hybridized carbons (Fsp3) is 0.364. The molecule has 172 valence electrons. The van der Waals surface area contributed by atoms with Gasteiger partial charge in [0.05, 0.1) is 11.5 Å². The minimum absolute atomic E-state index is 0.0371. The number of sulfonamides is 1. The number of carbonyl (C=O) groups excluding carboxylic acids is 2. The number of nitrogens with one attached hydrogen (secondary N) is 2. The molecule has 0 spiro atoms. The van der Waals surface area contributed by atoms with Gasteiger partial charge in [0.1, 0.15) is 5.82 Å². The zero-order valence-corrected chi connectivity index (χ0v) is 18.7. The Labute approximate surface area is 186 Å². The van der Waals surface area contributed by atoms with Gasteiger partial charge in [0, 0.05) is 30.4 Å². The maximum Gasteiger partial charge on any atom is 0.407 e. The van der Waals surface area contributed by atoms with Gasteiger partial charge < -0.3 is 15.0 Å². The molecule has 2 aromatic carbocycles. The Hall–Kier alpha value is -3.14. The summed E-state index contributed by atoms with van der Waals surface area (Å²) >= 11 is 0. The Morgan fingerprint density at radius 3 is 2.38 bits per heavy atom. The van der Waals surface area contributed by atoms with E-state index >= 15 is 0 Å². The normalized spacial score (nSPS) is 14.7. The molecule has 8 nitrogen and oxygen atoms in total. The third-order valence-corrected chi connectivity index (χ3v) is 6.58. The lowest BCUT2D eigenvalue weighted by Crippen LogP contribution is -2.46. The molecule has 1 aliphatic rings. The van der Waals surface area contributed by atoms with E-state index in [1.54, 1.807) is 24.0 Å². The van der Waals surface area contributed by atoms with Crippen molar-refractivity contribution < 1.29 is 27.1 Å². The van der Waals surface area contributed by atoms with Crippen LogP contribution in [-0.2, 0) is 14.8 Å². The molecular weight excluding hydrogens is 437 g/mol. The predicted molar refractivity (Wildman–Crippen MR) is 117 cm³/mol. The number of amides is 2. The van der Waals surface area contributed by atoms with Gasteiger partial charge in [-0.3, -0.25) is 9.52 Å². The highest BCUT2D eigenvalue weighted by atomic mass is 32.2. The van der Waals surface area contributed by atoms with Gasteiger partial charge in [0.2, 0.25) is 0 Å². The molecule has 3 rings (SSSR count). The number of piperidine rings is 1. The molecule has 10 heteroatoms. The number of anilines is 1. The van der Waals surface area contributed by atoms with E-state index in [2.05, 4.69) is 10.0 Å². The van der Waals surface area contributed by atoms with Crippen molar-refractivity contribution in [2.75, 3.05) is 24.4 Å². The number of hydrogen-bond donors (Lipinski definition) is 2. The average molecular weight is 464 g/mol. The molecule has 0 aliphatic carbocycles. The second-order valence-corrected chi connectivity index (χ2v) is 9.21. The average Bonchev–Trinajstić information content (AvgIpc) is 2.76. The molecule has 1 heterocycles. The molecule has 2 aromatic rings. The summed E-state index contributed by atoms with van der Waals surface area (Å²) in [6, 6.07) is 9.66. The van der Waals surface area contributed by atoms with Crippen LogP contribution in [-0.4, -0.2) is 51.1 Å². The molecule has 1 fully saturated rings. The van der Waals surface area contributed by atoms with Gasteiger partial charge in [-0.05, 0) is 74.7 Å². The summed E-state index contributed by atoms with van der Waals surface area (Å²) in [6.45, 7) is 4.52. The molecule has 2 amide bonds. The molecule has 1 aliphatic heterocycles. The van der Waals surface area contributed by atoms with Crippen LogP contribution in [0.4, 0.5) is 14.9 Å². The van der Waals surface area contributed by atoms with Crippen molar-refractivity contribution in [3.8, 4) is 0 Å². The van der Waals surface area contributed by atoms with Gasteiger partial charge in [-0.25, -0.2) is 17.6 Å². The molecule has 1 saturated heterocycles. The van der Waals surface area contributed by atoms with Crippen LogP contribution in [0.5, 0.6) is 0 Å². The monoisotopic (exact) mass is 463 g/mol. The van der Waals surface area contributed by atoms with Crippen LogP contribution in [0.2, 0.25) is 0 Å². The van der Waals surface area contributed by atoms with Crippen molar-refractivity contribution in [2.24, 2.45) is 0 Å². The van der Waals surface area contributed by atoms with Gasteiger partial charge in [-0.1, -0.05) is 0 Å². The van der Waals surface area contributed by atoms with Crippen LogP contribution in [0.15, 0.2) is 47.4 Å². The standard InChI is InChI=1S/C22H26FN3O5S/c1-3-31-22(28)24-17-10-12-26(13-11-17)21(27)16-4-6-18(7-5-16)25-32(29,30)19-8-9-20(23)15(2)14-19/h4-9,14,17,25H,3,10-13H2,1-2H3,(H,24,28). The van der Waals surface area contributed by atoms with Crippen LogP contribution in [0.25, 0.3) is 0 Å². The lowest BCUT2D eigenvalue weighted by Gasteiger charge is -2.32. The number of carbonyl (C=O) groups is 2. The number of nitrogens with zero attached hydrogens (tertiary/aromatic N) is 1. The smallest absolute Gasteiger partial charge is 0.407 e. The van der Waals surface area contributed by atoms with Crippen LogP contribution < -0.4 is 10.0 Å². The number of benzene rings is 2. The van der Waals surface area contributed by atoms with Gasteiger partial charge in [0.15, 0.2) is 0 Å². The number of alkyl carbamates (subject to hydrolysis) is 1. The van der Waals surface area contributed by atoms with E-state index in [-0.39, 0.29) is 22.4 Å². The topological polar surface area (TPSA) is 105 Å². The summed E-state index contributed by atoms with van der Waals surface area (Å²) in [5.74, 6) is -0.643. The Kier molecular flexibility index (Phi) is 7.34. The molecule has 32 heavy (non-hydrogen) atoms. The highest BCUT2D eigenvalue weighted by Crippen LogP contribution is 2.20. The number of ether oxygens (including phenoxy) is 1. The summed E-state index contributed by atoms with van der Waals surface area (Å²) in [4.78, 5) is 25.9. The first kappa shape index (κ1) is 23.5. The quantitative estimate of drug-likeness (QED) is 0.684. The van der Waals surface area contributed by atoms with Crippen LogP contribution in [0.1, 0.15) is 35.7 Å². The number of halogens is 1. The first-order valence-electron chi connectivity index (χ1n) is 10.3. The Balaban J connectivity index is 1.59. The Morgan fingerprint density at radius 2 is 1.78 bits per heavy atom. The van der Waals surface area contributed by atoms with E-state index in [1.807, 2.05) is 0 Å². The molecule has 0 bridgehead atoms. The maximum atomic E-state index is 13.4. The van der Waals surface area contributed by atoms with Crippen molar-refractivity contribution in [2.45, 2.75) is 37.6 Å². The number of rotatable bonds is 6. The number of likely N-dealkylation sites (tertiary alicyclic amines) is 1. The highest BCUT2D eigenvalue weighted by molar-refractivity contribution is 7.92. The largest absolute Gasteiger partial charge is 0.450 e. The van der Waals surface area contributed by atoms with Crippen molar-refractivity contribution in [1.29, 1.82) is 0 Å². The number of hydrogen-bond acceptors (Lipinski definition) is 5. The van der Waals surface area contributed by atoms with Gasteiger partial charge >= 0.3 is 6.09 Å². The van der Waals surface area contributed by atoms with Crippen molar-refractivity contribution in [3.05, 3.63) is 59.4 Å². The zero-order valence-electron chi connectivity index (χ0n) is 17.9. The summed E-state index contributed by atoms with van der Waals surface area (Å²) in [7, 11) is -3.88. The highest BCUT2D eigenvalue weighted by Gasteiger charge is 2.25. The third kappa shape index (κ3) is 5.76. The Bertz CT molecular complexity index is 1080. The molecule has 0 saturated carbocycles. The Morgan fingerprint density at radius 1 is 1.12 bits per heavy atom. The zero-order chi connectivity index (χ0) is 23.3. The summed E-state index contributed by atoms with van der Waals surface area (Å²) in [5.41, 5.74) is 0.957. The van der Waals surface area contributed by atoms with Gasteiger partial charge in [0.25, 0.3) is 15.9 Å². The van der Waals surface area contributed by atoms with E-state index in [0.717, 1.165) is 6.07 Å². The van der Waals surface area contributed by atoms with Crippen molar-refractivity contribution >= 4 is 27.7 Å². The molecular formula is C22H26FN3O5S. The summed E-state index contributed by atoms with van der Waals surface area (Å²) in [5, 5.41) is 2.78. The first-order chi connectivity index (χ1) is 15.2. The van der Waals surface area contributed by atoms with Crippen molar-refractivity contribution in [1.82, 2.24) is 10.2 Å². The van der Waals surface area contributed by atoms with Gasteiger partial charge in [-0.2, -0.15) is 0 Å². The van der Waals surface area contributed by atoms with Gasteiger partial charge in [-0.15, -0.1) is 0 Å². The molecule has 2 N–H and O–H groups in total. The SMILES string of the molecule is CCOC(=O)NC1CCN(C(=O)c2ccc(NS(=O)(=O)c3ccc(F)c(C)c3)cc2)CC1. The molecule has 0 unspecified atom stereocenters. The summed E-state index contributed by atoms with van der Waals surface area (Å²) in [6.07, 6.45) is 0.796. The predicted octanol–water partition coefficient (Wildman–Crippen LogP) is 3.29. The van der Waals surface area contributed by atoms with E-state index in [1.165, 1.54) is 31.2 Å². The fourth-order valence-electron chi connectivity index (χ4n) is 3.43. The lowest BCUT2D eigenvalue weighted by molar-refractivity contribution is 0.0702. The minimum Gasteiger partial charge on any atom is -0.450 e. The van der Waals surface area contributed by atoms with E-state index in [9.17, 15) is 22.4 Å². The van der Waals surface area contributed by atoms with Crippen molar-refractivity contribution in [3.63, 3.8) is 0 Å². The molecule has 0 radical (unpaired) electrons. The van der Waals surface area contributed by atoms with E-state index in [0.29, 0.717) is 43.8 Å². The minimum atomic E-state index is -3.88. The lowest BCUT2D eigenvalue weighted by atomic mass is 10.0. The molecule has 0 atom stereocenters. The fourth-order valence-corrected chi connectivity index (χ4v) is 4.57. The van der Waals surface area contributed by atoms with E-state index < -0.39 is 21.9 Å². The maximum absolute atomic E-state index is 13.4. The second-order valence-electron chi connectivity index (χ2n) is 7.53. The van der Waals surface area contributed by atoms with Crippen LogP contribution in [0.3, 0.4) is 0 Å². The third-order valence-electron chi connectivity index (χ3n) is 5.20. The first-order valence-corrected chi connectivity index (χ1v) is 11.8. The van der Waals surface area contributed by atoms with E-state index in [4.69, 9.17) is 4.74 Å². The summed E-state index contributed by atoms with van der Waals surface area (Å²) < 4.78 is 45.8. The van der Waals surface area contributed by atoms with Crippen LogP contribution in [0, 0.1) is 12.7 Å². The molecule has 0 aromatic heterocycles. The second kappa shape index (κ2) is 9.99.